The van der Waals surface area contributed by atoms with Crippen LogP contribution >= 0.6 is 0 Å². The highest BCUT2D eigenvalue weighted by atomic mass is 19.4. The van der Waals surface area contributed by atoms with Gasteiger partial charge in [-0.1, -0.05) is 0 Å². The minimum Gasteiger partial charge on any atom is -0.381 e. The summed E-state index contributed by atoms with van der Waals surface area (Å²) in [5.74, 6) is -0.204. The number of ether oxygens (including phenoxy) is 1. The Balaban J connectivity index is 1.39. The first-order valence-electron chi connectivity index (χ1n) is 11.3. The number of nitrogens with one attached hydrogen (secondary N) is 3. The van der Waals surface area contributed by atoms with E-state index < -0.39 is 23.5 Å². The number of hydrogen-bond donors (Lipinski definition) is 3. The van der Waals surface area contributed by atoms with E-state index in [-0.39, 0.29) is 17.8 Å². The van der Waals surface area contributed by atoms with Crippen LogP contribution in [0.5, 0.6) is 0 Å². The van der Waals surface area contributed by atoms with Gasteiger partial charge in [0.05, 0.1) is 17.9 Å². The van der Waals surface area contributed by atoms with Gasteiger partial charge in [-0.05, 0) is 44.4 Å². The van der Waals surface area contributed by atoms with Gasteiger partial charge in [-0.2, -0.15) is 18.3 Å². The summed E-state index contributed by atoms with van der Waals surface area (Å²) in [7, 11) is 0. The zero-order chi connectivity index (χ0) is 23.7. The quantitative estimate of drug-likeness (QED) is 0.517. The fourth-order valence-electron chi connectivity index (χ4n) is 4.30. The molecule has 2 aliphatic rings. The van der Waals surface area contributed by atoms with Crippen molar-refractivity contribution >= 4 is 23.1 Å². The SMILES string of the molecule is O=C(Nc1cn(C2CCOCC2)nc1C(F)(F)F)c1cnc2ccc(N[C@@H]3CCCNC3)nn12. The molecule has 2 aliphatic heterocycles. The van der Waals surface area contributed by atoms with Gasteiger partial charge in [-0.15, -0.1) is 5.10 Å². The molecule has 34 heavy (non-hydrogen) atoms. The molecule has 13 heteroatoms. The van der Waals surface area contributed by atoms with Crippen LogP contribution in [0.2, 0.25) is 0 Å². The molecule has 182 valence electrons. The van der Waals surface area contributed by atoms with Crippen LogP contribution in [0.25, 0.3) is 5.65 Å². The average Bonchev–Trinajstić information content (AvgIpc) is 3.44. The molecule has 0 spiro atoms. The lowest BCUT2D eigenvalue weighted by Gasteiger charge is -2.24. The highest BCUT2D eigenvalue weighted by molar-refractivity contribution is 6.03. The van der Waals surface area contributed by atoms with Crippen molar-refractivity contribution in [1.82, 2.24) is 29.7 Å². The van der Waals surface area contributed by atoms with Crippen LogP contribution in [-0.4, -0.2) is 62.6 Å². The van der Waals surface area contributed by atoms with E-state index in [1.807, 2.05) is 0 Å². The Morgan fingerprint density at radius 1 is 1.18 bits per heavy atom. The van der Waals surface area contributed by atoms with E-state index in [0.29, 0.717) is 37.5 Å². The third-order valence-electron chi connectivity index (χ3n) is 6.06. The number of aromatic nitrogens is 5. The highest BCUT2D eigenvalue weighted by Crippen LogP contribution is 2.35. The maximum atomic E-state index is 13.7. The largest absolute Gasteiger partial charge is 0.437 e. The van der Waals surface area contributed by atoms with E-state index >= 15 is 0 Å². The molecule has 0 bridgehead atoms. The predicted molar refractivity (Wildman–Crippen MR) is 117 cm³/mol. The Kier molecular flexibility index (Phi) is 6.13. The molecule has 2 fully saturated rings. The third kappa shape index (κ3) is 4.71. The number of carbonyl (C=O) groups excluding carboxylic acids is 1. The van der Waals surface area contributed by atoms with Crippen molar-refractivity contribution in [1.29, 1.82) is 0 Å². The monoisotopic (exact) mass is 478 g/mol. The van der Waals surface area contributed by atoms with Crippen LogP contribution in [0, 0.1) is 0 Å². The Morgan fingerprint density at radius 3 is 2.74 bits per heavy atom. The molecule has 0 aromatic carbocycles. The molecule has 0 saturated carbocycles. The zero-order valence-electron chi connectivity index (χ0n) is 18.3. The lowest BCUT2D eigenvalue weighted by molar-refractivity contribution is -0.141. The van der Waals surface area contributed by atoms with Gasteiger partial charge in [-0.25, -0.2) is 9.50 Å². The van der Waals surface area contributed by atoms with Gasteiger partial charge in [0.15, 0.2) is 17.0 Å². The molecule has 3 aromatic rings. The molecular weight excluding hydrogens is 453 g/mol. The Bertz CT molecular complexity index is 1160. The number of carbonyl (C=O) groups is 1. The molecule has 5 rings (SSSR count). The lowest BCUT2D eigenvalue weighted by Crippen LogP contribution is -2.38. The minimum absolute atomic E-state index is 0.0207. The molecule has 0 unspecified atom stereocenters. The summed E-state index contributed by atoms with van der Waals surface area (Å²) in [5.41, 5.74) is -1.11. The van der Waals surface area contributed by atoms with E-state index in [1.165, 1.54) is 21.6 Å². The summed E-state index contributed by atoms with van der Waals surface area (Å²) in [6.07, 6.45) is 0.937. The zero-order valence-corrected chi connectivity index (χ0v) is 18.3. The Morgan fingerprint density at radius 2 is 2.00 bits per heavy atom. The van der Waals surface area contributed by atoms with Gasteiger partial charge in [0.1, 0.15) is 5.82 Å². The normalized spacial score (nSPS) is 19.9. The van der Waals surface area contributed by atoms with Gasteiger partial charge >= 0.3 is 6.18 Å². The van der Waals surface area contributed by atoms with Crippen LogP contribution in [-0.2, 0) is 10.9 Å². The second-order valence-corrected chi connectivity index (χ2v) is 8.49. The first-order valence-corrected chi connectivity index (χ1v) is 11.3. The van der Waals surface area contributed by atoms with Crippen LogP contribution in [0.4, 0.5) is 24.7 Å². The fourth-order valence-corrected chi connectivity index (χ4v) is 4.30. The summed E-state index contributed by atoms with van der Waals surface area (Å²) in [6, 6.07) is 3.44. The maximum absolute atomic E-state index is 13.7. The Labute approximate surface area is 192 Å². The predicted octanol–water partition coefficient (Wildman–Crippen LogP) is 2.71. The van der Waals surface area contributed by atoms with Crippen LogP contribution in [0.3, 0.4) is 0 Å². The number of anilines is 2. The number of nitrogens with zero attached hydrogens (tertiary/aromatic N) is 5. The number of rotatable bonds is 5. The van der Waals surface area contributed by atoms with Crippen LogP contribution in [0.1, 0.15) is 47.9 Å². The Hall–Kier alpha value is -3.19. The minimum atomic E-state index is -4.72. The number of imidazole rings is 1. The molecule has 1 atom stereocenters. The maximum Gasteiger partial charge on any atom is 0.437 e. The average molecular weight is 478 g/mol. The first kappa shape index (κ1) is 22.6. The molecule has 5 heterocycles. The summed E-state index contributed by atoms with van der Waals surface area (Å²) in [5, 5.41) is 17.2. The van der Waals surface area contributed by atoms with Crippen LogP contribution < -0.4 is 16.0 Å². The van der Waals surface area contributed by atoms with Crippen molar-refractivity contribution < 1.29 is 22.7 Å². The van der Waals surface area contributed by atoms with Gasteiger partial charge in [0.25, 0.3) is 5.91 Å². The molecular formula is C21H25F3N8O2. The number of amides is 1. The van der Waals surface area contributed by atoms with Crippen molar-refractivity contribution in [2.24, 2.45) is 0 Å². The van der Waals surface area contributed by atoms with E-state index in [9.17, 15) is 18.0 Å². The molecule has 3 N–H and O–H groups in total. The van der Waals surface area contributed by atoms with Crippen LogP contribution in [0.15, 0.2) is 24.5 Å². The van der Waals surface area contributed by atoms with Crippen molar-refractivity contribution in [3.05, 3.63) is 35.9 Å². The number of halogens is 3. The van der Waals surface area contributed by atoms with E-state index in [2.05, 4.69) is 31.1 Å². The van der Waals surface area contributed by atoms with Crippen molar-refractivity contribution in [3.63, 3.8) is 0 Å². The third-order valence-corrected chi connectivity index (χ3v) is 6.06. The summed E-state index contributed by atoms with van der Waals surface area (Å²) < 4.78 is 48.8. The van der Waals surface area contributed by atoms with E-state index in [1.54, 1.807) is 12.1 Å². The fraction of sp³-hybridized carbons (Fsp3) is 0.524. The second kappa shape index (κ2) is 9.22. The molecule has 10 nitrogen and oxygen atoms in total. The first-order chi connectivity index (χ1) is 16.4. The second-order valence-electron chi connectivity index (χ2n) is 8.49. The van der Waals surface area contributed by atoms with Crippen molar-refractivity contribution in [2.45, 2.75) is 43.9 Å². The summed E-state index contributed by atoms with van der Waals surface area (Å²) >= 11 is 0. The van der Waals surface area contributed by atoms with Gasteiger partial charge < -0.3 is 20.7 Å². The molecule has 0 aliphatic carbocycles. The number of fused-ring (bicyclic) bond motifs is 1. The number of alkyl halides is 3. The smallest absolute Gasteiger partial charge is 0.381 e. The van der Waals surface area contributed by atoms with Crippen molar-refractivity contribution in [3.8, 4) is 0 Å². The van der Waals surface area contributed by atoms with Gasteiger partial charge in [-0.3, -0.25) is 9.48 Å². The molecule has 1 amide bonds. The van der Waals surface area contributed by atoms with Gasteiger partial charge in [0.2, 0.25) is 0 Å². The van der Waals surface area contributed by atoms with Crippen molar-refractivity contribution in [2.75, 3.05) is 36.9 Å². The number of hydrogen-bond acceptors (Lipinski definition) is 7. The number of piperidine rings is 1. The molecule has 3 aromatic heterocycles. The standard InChI is InChI=1S/C21H25F3N8O2/c22-21(23,24)19-15(12-31(30-19)14-5-8-34-9-6-14)28-20(33)16-11-26-18-4-3-17(29-32(16)18)27-13-2-1-7-25-10-13/h3-4,11-14,25H,1-2,5-10H2,(H,27,29)(H,28,33)/t13-/m1/s1. The van der Waals surface area contributed by atoms with E-state index in [0.717, 1.165) is 25.9 Å². The highest BCUT2D eigenvalue weighted by Gasteiger charge is 2.39. The molecule has 0 radical (unpaired) electrons. The van der Waals surface area contributed by atoms with E-state index in [4.69, 9.17) is 4.74 Å². The van der Waals surface area contributed by atoms with Gasteiger partial charge in [0, 0.05) is 32.0 Å². The topological polar surface area (TPSA) is 110 Å². The summed E-state index contributed by atoms with van der Waals surface area (Å²) in [6.45, 7) is 2.68. The lowest BCUT2D eigenvalue weighted by atomic mass is 10.1. The molecule has 2 saturated heterocycles. The summed E-state index contributed by atoms with van der Waals surface area (Å²) in [4.78, 5) is 17.2.